The molecular weight excluding hydrogens is 512 g/mol. The first kappa shape index (κ1) is 23.8. The van der Waals surface area contributed by atoms with Gasteiger partial charge in [-0.2, -0.15) is 5.26 Å². The number of aromatic nitrogens is 2. The third kappa shape index (κ3) is 3.47. The quantitative estimate of drug-likeness (QED) is 0.208. The summed E-state index contributed by atoms with van der Waals surface area (Å²) < 4.78 is 4.45. The van der Waals surface area contributed by atoms with Crippen molar-refractivity contribution < 1.29 is 0 Å². The number of nitrogens with zero attached hydrogens (tertiary/aromatic N) is 4. The molecule has 0 atom stereocenters. The highest BCUT2D eigenvalue weighted by Gasteiger charge is 2.17. The summed E-state index contributed by atoms with van der Waals surface area (Å²) in [5.74, 6) is 0. The van der Waals surface area contributed by atoms with Crippen LogP contribution in [-0.2, 0) is 0 Å². The number of para-hydroxylation sites is 3. The number of rotatable bonds is 3. The van der Waals surface area contributed by atoms with E-state index < -0.39 is 0 Å². The summed E-state index contributed by atoms with van der Waals surface area (Å²) in [6.45, 7) is 7.54. The molecule has 2 heterocycles. The number of hydrogen-bond acceptors (Lipinski definition) is 1. The van der Waals surface area contributed by atoms with Crippen LogP contribution in [0.3, 0.4) is 0 Å². The number of hydrogen-bond donors (Lipinski definition) is 0. The van der Waals surface area contributed by atoms with Crippen molar-refractivity contribution in [2.45, 2.75) is 0 Å². The summed E-state index contributed by atoms with van der Waals surface area (Å²) in [5, 5.41) is 14.6. The summed E-state index contributed by atoms with van der Waals surface area (Å²) in [6, 6.07) is 48.1. The summed E-state index contributed by atoms with van der Waals surface area (Å²) in [5.41, 5.74) is 9.50. The molecule has 2 aromatic heterocycles. The second kappa shape index (κ2) is 9.24. The third-order valence-electron chi connectivity index (χ3n) is 8.17. The Bertz CT molecular complexity index is 2430. The first-order valence-corrected chi connectivity index (χ1v) is 13.8. The molecule has 8 rings (SSSR count). The highest BCUT2D eigenvalue weighted by molar-refractivity contribution is 6.12. The van der Waals surface area contributed by atoms with E-state index >= 15 is 0 Å². The average molecular weight is 535 g/mol. The van der Waals surface area contributed by atoms with Gasteiger partial charge < -0.3 is 9.13 Å². The van der Waals surface area contributed by atoms with Crippen LogP contribution in [0, 0.1) is 17.9 Å². The second-order valence-corrected chi connectivity index (χ2v) is 10.4. The summed E-state index contributed by atoms with van der Waals surface area (Å²) >= 11 is 0. The van der Waals surface area contributed by atoms with E-state index in [4.69, 9.17) is 6.57 Å². The normalized spacial score (nSPS) is 11.3. The molecule has 4 heteroatoms. The fourth-order valence-corrected chi connectivity index (χ4v) is 6.29. The van der Waals surface area contributed by atoms with Crippen molar-refractivity contribution >= 4 is 49.3 Å². The first-order chi connectivity index (χ1) is 20.7. The van der Waals surface area contributed by atoms with Crippen molar-refractivity contribution in [2.75, 3.05) is 0 Å². The molecule has 4 nitrogen and oxygen atoms in total. The highest BCUT2D eigenvalue weighted by atomic mass is 15.0. The smallest absolute Gasteiger partial charge is 0.189 e. The van der Waals surface area contributed by atoms with Crippen molar-refractivity contribution in [2.24, 2.45) is 0 Å². The average Bonchev–Trinajstić information content (AvgIpc) is 3.57. The molecule has 0 radical (unpaired) electrons. The predicted molar refractivity (Wildman–Crippen MR) is 172 cm³/mol. The Kier molecular flexibility index (Phi) is 5.22. The monoisotopic (exact) mass is 534 g/mol. The molecule has 0 aliphatic heterocycles. The lowest BCUT2D eigenvalue weighted by molar-refractivity contribution is 1.17. The van der Waals surface area contributed by atoms with Crippen molar-refractivity contribution in [3.8, 4) is 28.6 Å². The van der Waals surface area contributed by atoms with Gasteiger partial charge in [-0.15, -0.1) is 0 Å². The van der Waals surface area contributed by atoms with Gasteiger partial charge >= 0.3 is 0 Å². The van der Waals surface area contributed by atoms with E-state index in [2.05, 4.69) is 117 Å². The Morgan fingerprint density at radius 2 is 1.14 bits per heavy atom. The zero-order chi connectivity index (χ0) is 28.2. The largest absolute Gasteiger partial charge is 0.309 e. The lowest BCUT2D eigenvalue weighted by Crippen LogP contribution is -1.97. The van der Waals surface area contributed by atoms with Crippen molar-refractivity contribution in [3.05, 3.63) is 150 Å². The van der Waals surface area contributed by atoms with E-state index in [1.807, 2.05) is 24.3 Å². The van der Waals surface area contributed by atoms with Gasteiger partial charge in [0.05, 0.1) is 39.9 Å². The Hall–Kier alpha value is -6.10. The molecule has 0 bridgehead atoms. The van der Waals surface area contributed by atoms with Crippen molar-refractivity contribution in [3.63, 3.8) is 0 Å². The van der Waals surface area contributed by atoms with E-state index in [9.17, 15) is 5.26 Å². The van der Waals surface area contributed by atoms with E-state index in [0.29, 0.717) is 11.3 Å². The van der Waals surface area contributed by atoms with Gasteiger partial charge in [0.1, 0.15) is 6.07 Å². The van der Waals surface area contributed by atoms with Gasteiger partial charge in [-0.25, -0.2) is 4.85 Å². The fourth-order valence-electron chi connectivity index (χ4n) is 6.29. The predicted octanol–water partition coefficient (Wildman–Crippen LogP) is 9.97. The maximum absolute atomic E-state index is 9.92. The van der Waals surface area contributed by atoms with Crippen LogP contribution in [0.5, 0.6) is 0 Å². The lowest BCUT2D eigenvalue weighted by atomic mass is 10.0. The molecule has 0 saturated carbocycles. The molecule has 8 aromatic rings. The van der Waals surface area contributed by atoms with Gasteiger partial charge in [0.25, 0.3) is 0 Å². The molecule has 42 heavy (non-hydrogen) atoms. The number of nitriles is 1. The SMILES string of the molecule is [C-]#[N+]c1ccc(C#N)c(-n2c3ccccc3c3cc(-c4ccc5c6ccccc6n(-c6ccccc6)c5c4)ccc32)c1. The molecule has 6 aromatic carbocycles. The van der Waals surface area contributed by atoms with Crippen LogP contribution in [0.2, 0.25) is 0 Å². The van der Waals surface area contributed by atoms with Gasteiger partial charge in [0.2, 0.25) is 0 Å². The highest BCUT2D eigenvalue weighted by Crippen LogP contribution is 2.38. The van der Waals surface area contributed by atoms with Gasteiger partial charge in [-0.1, -0.05) is 84.9 Å². The van der Waals surface area contributed by atoms with Crippen LogP contribution in [0.25, 0.3) is 71.0 Å². The molecule has 0 fully saturated rings. The van der Waals surface area contributed by atoms with Crippen LogP contribution in [0.15, 0.2) is 133 Å². The van der Waals surface area contributed by atoms with Crippen LogP contribution < -0.4 is 0 Å². The second-order valence-electron chi connectivity index (χ2n) is 10.4. The van der Waals surface area contributed by atoms with Crippen LogP contribution in [0.1, 0.15) is 5.56 Å². The third-order valence-corrected chi connectivity index (χ3v) is 8.17. The van der Waals surface area contributed by atoms with Crippen LogP contribution in [-0.4, -0.2) is 9.13 Å². The maximum Gasteiger partial charge on any atom is 0.189 e. The lowest BCUT2D eigenvalue weighted by Gasteiger charge is -2.11. The molecule has 0 aliphatic rings. The maximum atomic E-state index is 9.92. The van der Waals surface area contributed by atoms with Crippen LogP contribution >= 0.6 is 0 Å². The van der Waals surface area contributed by atoms with Gasteiger partial charge in [-0.3, -0.25) is 0 Å². The molecule has 0 N–H and O–H groups in total. The van der Waals surface area contributed by atoms with E-state index in [-0.39, 0.29) is 0 Å². The zero-order valence-corrected chi connectivity index (χ0v) is 22.5. The first-order valence-electron chi connectivity index (χ1n) is 13.8. The van der Waals surface area contributed by atoms with Crippen molar-refractivity contribution in [1.29, 1.82) is 5.26 Å². The van der Waals surface area contributed by atoms with Gasteiger partial charge in [0.15, 0.2) is 5.69 Å². The minimum absolute atomic E-state index is 0.508. The minimum atomic E-state index is 0.508. The summed E-state index contributed by atoms with van der Waals surface area (Å²) in [7, 11) is 0. The molecular formula is C38H22N4. The minimum Gasteiger partial charge on any atom is -0.309 e. The summed E-state index contributed by atoms with van der Waals surface area (Å²) in [4.78, 5) is 3.63. The Labute approximate surface area is 242 Å². The topological polar surface area (TPSA) is 38.0 Å². The Morgan fingerprint density at radius 3 is 1.90 bits per heavy atom. The summed E-state index contributed by atoms with van der Waals surface area (Å²) in [6.07, 6.45) is 0. The number of fused-ring (bicyclic) bond motifs is 6. The van der Waals surface area contributed by atoms with E-state index in [0.717, 1.165) is 49.8 Å². The Morgan fingerprint density at radius 1 is 0.524 bits per heavy atom. The molecule has 0 amide bonds. The zero-order valence-electron chi connectivity index (χ0n) is 22.5. The van der Waals surface area contributed by atoms with Gasteiger partial charge in [0, 0.05) is 27.2 Å². The fraction of sp³-hybridized carbons (Fsp3) is 0. The molecule has 194 valence electrons. The van der Waals surface area contributed by atoms with Gasteiger partial charge in [-0.05, 0) is 59.7 Å². The van der Waals surface area contributed by atoms with E-state index in [1.54, 1.807) is 12.1 Å². The Balaban J connectivity index is 1.38. The molecule has 0 unspecified atom stereocenters. The van der Waals surface area contributed by atoms with Crippen molar-refractivity contribution in [1.82, 2.24) is 9.13 Å². The standard InChI is InChI=1S/C38H22N4/c1-40-28-18-15-27(24-39)37(23-28)42-35-14-8-6-12-31(35)33-21-25(17-20-36(33)42)26-16-19-32-30-11-5-7-13-34(30)41(38(32)22-26)29-9-3-2-4-10-29/h2-23H. The molecule has 0 aliphatic carbocycles. The van der Waals surface area contributed by atoms with E-state index in [1.165, 1.54) is 16.3 Å². The molecule has 0 saturated heterocycles. The van der Waals surface area contributed by atoms with Crippen LogP contribution in [0.4, 0.5) is 5.69 Å². The number of benzene rings is 6. The molecule has 0 spiro atoms.